The van der Waals surface area contributed by atoms with Crippen LogP contribution in [0.5, 0.6) is 11.5 Å². The highest BCUT2D eigenvalue weighted by atomic mass is 32.2. The zero-order valence-corrected chi connectivity index (χ0v) is 13.2. The van der Waals surface area contributed by atoms with Crippen molar-refractivity contribution in [3.63, 3.8) is 0 Å². The van der Waals surface area contributed by atoms with Crippen LogP contribution < -0.4 is 9.47 Å². The highest BCUT2D eigenvalue weighted by Crippen LogP contribution is 2.33. The van der Waals surface area contributed by atoms with Gasteiger partial charge >= 0.3 is 0 Å². The number of carbonyl (C=O) groups excluding carboxylic acids is 1. The van der Waals surface area contributed by atoms with E-state index in [2.05, 4.69) is 0 Å². The van der Waals surface area contributed by atoms with Gasteiger partial charge in [-0.15, -0.1) is 11.8 Å². The Morgan fingerprint density at radius 1 is 1.17 bits per heavy atom. The van der Waals surface area contributed by atoms with Crippen LogP contribution in [0.1, 0.15) is 15.9 Å². The summed E-state index contributed by atoms with van der Waals surface area (Å²) >= 11 is 1.64. The van der Waals surface area contributed by atoms with Gasteiger partial charge in [0.15, 0.2) is 11.5 Å². The van der Waals surface area contributed by atoms with Crippen LogP contribution in [-0.4, -0.2) is 18.8 Å². The van der Waals surface area contributed by atoms with Gasteiger partial charge in [-0.3, -0.25) is 4.79 Å². The minimum absolute atomic E-state index is 0.0840. The molecular formula is C18H13NO3S. The van der Waals surface area contributed by atoms with E-state index in [0.29, 0.717) is 17.1 Å². The van der Waals surface area contributed by atoms with Crippen LogP contribution in [0.25, 0.3) is 6.08 Å². The molecule has 114 valence electrons. The first-order valence-electron chi connectivity index (χ1n) is 6.91. The quantitative estimate of drug-likeness (QED) is 0.369. The van der Waals surface area contributed by atoms with E-state index in [1.165, 1.54) is 0 Å². The fourth-order valence-corrected chi connectivity index (χ4v) is 2.62. The molecule has 0 aliphatic carbocycles. The topological polar surface area (TPSA) is 59.3 Å². The molecule has 0 aromatic heterocycles. The van der Waals surface area contributed by atoms with Crippen molar-refractivity contribution >= 4 is 23.6 Å². The molecule has 0 unspecified atom stereocenters. The summed E-state index contributed by atoms with van der Waals surface area (Å²) in [6, 6.07) is 14.6. The molecule has 4 nitrogen and oxygen atoms in total. The van der Waals surface area contributed by atoms with Gasteiger partial charge in [0.2, 0.25) is 12.6 Å². The number of fused-ring (bicyclic) bond motifs is 1. The van der Waals surface area contributed by atoms with Gasteiger partial charge in [0.25, 0.3) is 0 Å². The normalized spacial score (nSPS) is 12.8. The number of rotatable bonds is 4. The molecule has 0 bridgehead atoms. The van der Waals surface area contributed by atoms with Crippen molar-refractivity contribution in [2.75, 3.05) is 13.0 Å². The molecule has 0 radical (unpaired) electrons. The lowest BCUT2D eigenvalue weighted by Crippen LogP contribution is -2.01. The zero-order valence-electron chi connectivity index (χ0n) is 12.4. The predicted octanol–water partition coefficient (Wildman–Crippen LogP) is 3.93. The monoisotopic (exact) mass is 323 g/mol. The Balaban J connectivity index is 1.89. The summed E-state index contributed by atoms with van der Waals surface area (Å²) < 4.78 is 10.5. The van der Waals surface area contributed by atoms with E-state index in [-0.39, 0.29) is 18.1 Å². The maximum atomic E-state index is 12.5. The molecule has 0 spiro atoms. The van der Waals surface area contributed by atoms with Gasteiger partial charge < -0.3 is 9.47 Å². The minimum Gasteiger partial charge on any atom is -0.454 e. The Labute approximate surface area is 138 Å². The molecule has 0 atom stereocenters. The molecule has 2 aromatic rings. The molecule has 0 saturated heterocycles. The van der Waals surface area contributed by atoms with Crippen molar-refractivity contribution in [1.29, 1.82) is 5.26 Å². The number of ketones is 1. The van der Waals surface area contributed by atoms with Gasteiger partial charge in [0, 0.05) is 10.5 Å². The van der Waals surface area contributed by atoms with Crippen LogP contribution in [0.2, 0.25) is 0 Å². The number of thioether (sulfide) groups is 1. The van der Waals surface area contributed by atoms with Crippen LogP contribution >= 0.6 is 11.8 Å². The van der Waals surface area contributed by atoms with Crippen molar-refractivity contribution < 1.29 is 14.3 Å². The fourth-order valence-electron chi connectivity index (χ4n) is 2.21. The smallest absolute Gasteiger partial charge is 0.231 e. The lowest BCUT2D eigenvalue weighted by Gasteiger charge is -2.02. The lowest BCUT2D eigenvalue weighted by molar-refractivity contribution is 0.103. The van der Waals surface area contributed by atoms with Crippen LogP contribution in [0.15, 0.2) is 52.9 Å². The number of allylic oxidation sites excluding steroid dienone is 1. The largest absolute Gasteiger partial charge is 0.454 e. The van der Waals surface area contributed by atoms with E-state index in [4.69, 9.17) is 9.47 Å². The van der Waals surface area contributed by atoms with Crippen LogP contribution in [0.3, 0.4) is 0 Å². The van der Waals surface area contributed by atoms with E-state index < -0.39 is 0 Å². The molecule has 1 aliphatic heterocycles. The number of hydrogen-bond donors (Lipinski definition) is 0. The third-order valence-corrected chi connectivity index (χ3v) is 4.17. The van der Waals surface area contributed by atoms with Gasteiger partial charge in [0.1, 0.15) is 11.6 Å². The second-order valence-corrected chi connectivity index (χ2v) is 5.72. The molecule has 5 heteroatoms. The van der Waals surface area contributed by atoms with Crippen LogP contribution in [0.4, 0.5) is 0 Å². The first-order chi connectivity index (χ1) is 11.2. The molecule has 2 aromatic carbocycles. The molecular weight excluding hydrogens is 310 g/mol. The summed E-state index contributed by atoms with van der Waals surface area (Å²) in [6.07, 6.45) is 3.59. The van der Waals surface area contributed by atoms with E-state index in [1.807, 2.05) is 36.6 Å². The van der Waals surface area contributed by atoms with Crippen molar-refractivity contribution in [2.24, 2.45) is 0 Å². The maximum Gasteiger partial charge on any atom is 0.231 e. The van der Waals surface area contributed by atoms with Gasteiger partial charge in [0.05, 0.1) is 0 Å². The van der Waals surface area contributed by atoms with E-state index in [1.54, 1.807) is 36.0 Å². The number of hydrogen-bond acceptors (Lipinski definition) is 5. The van der Waals surface area contributed by atoms with Crippen molar-refractivity contribution in [3.05, 3.63) is 59.2 Å². The second-order valence-electron chi connectivity index (χ2n) is 4.84. The highest BCUT2D eigenvalue weighted by Gasteiger charge is 2.18. The van der Waals surface area contributed by atoms with Crippen molar-refractivity contribution in [2.45, 2.75) is 4.90 Å². The van der Waals surface area contributed by atoms with Crippen LogP contribution in [-0.2, 0) is 0 Å². The Morgan fingerprint density at radius 2 is 1.91 bits per heavy atom. The van der Waals surface area contributed by atoms with Gasteiger partial charge in [-0.1, -0.05) is 12.1 Å². The Kier molecular flexibility index (Phi) is 4.35. The molecule has 0 fully saturated rings. The lowest BCUT2D eigenvalue weighted by atomic mass is 10.0. The Bertz CT molecular complexity index is 819. The first kappa shape index (κ1) is 15.2. The number of ether oxygens (including phenoxy) is 2. The third-order valence-electron chi connectivity index (χ3n) is 3.43. The first-order valence-corrected chi connectivity index (χ1v) is 8.14. The summed E-state index contributed by atoms with van der Waals surface area (Å²) in [5.74, 6) is 0.800. The van der Waals surface area contributed by atoms with E-state index in [0.717, 1.165) is 10.5 Å². The van der Waals surface area contributed by atoms with Crippen molar-refractivity contribution in [1.82, 2.24) is 0 Å². The number of nitrogens with zero attached hydrogens (tertiary/aromatic N) is 1. The summed E-state index contributed by atoms with van der Waals surface area (Å²) in [5.41, 5.74) is 1.30. The van der Waals surface area contributed by atoms with E-state index in [9.17, 15) is 10.1 Å². The zero-order chi connectivity index (χ0) is 16.2. The van der Waals surface area contributed by atoms with Gasteiger partial charge in [-0.25, -0.2) is 0 Å². The number of carbonyl (C=O) groups is 1. The molecule has 0 saturated carbocycles. The van der Waals surface area contributed by atoms with Gasteiger partial charge in [-0.2, -0.15) is 5.26 Å². The number of nitriles is 1. The summed E-state index contributed by atoms with van der Waals surface area (Å²) in [4.78, 5) is 13.6. The summed E-state index contributed by atoms with van der Waals surface area (Å²) in [6.45, 7) is 0.149. The Hall–Kier alpha value is -2.71. The fraction of sp³-hybridized carbons (Fsp3) is 0.111. The molecule has 0 amide bonds. The molecule has 1 aliphatic rings. The SMILES string of the molecule is CSc1ccc(/C=C(/C#N)C(=O)c2ccc3c(c2)OCO3)cc1. The minimum atomic E-state index is -0.334. The standard InChI is InChI=1S/C18H13NO3S/c1-23-15-5-2-12(3-6-15)8-14(10-19)18(20)13-4-7-16-17(9-13)22-11-21-16/h2-9H,11H2,1H3/b14-8-. The van der Waals surface area contributed by atoms with Crippen molar-refractivity contribution in [3.8, 4) is 17.6 Å². The maximum absolute atomic E-state index is 12.5. The number of benzene rings is 2. The molecule has 23 heavy (non-hydrogen) atoms. The predicted molar refractivity (Wildman–Crippen MR) is 88.7 cm³/mol. The summed E-state index contributed by atoms with van der Waals surface area (Å²) in [5, 5.41) is 9.31. The molecule has 0 N–H and O–H groups in total. The number of Topliss-reactive ketones (excluding diaryl/α,β-unsaturated/α-hetero) is 1. The Morgan fingerprint density at radius 3 is 2.61 bits per heavy atom. The van der Waals surface area contributed by atoms with Crippen LogP contribution in [0, 0.1) is 11.3 Å². The summed E-state index contributed by atoms with van der Waals surface area (Å²) in [7, 11) is 0. The second kappa shape index (κ2) is 6.59. The molecule has 3 rings (SSSR count). The average Bonchev–Trinajstić information content (AvgIpc) is 3.07. The van der Waals surface area contributed by atoms with Gasteiger partial charge in [-0.05, 0) is 48.2 Å². The highest BCUT2D eigenvalue weighted by molar-refractivity contribution is 7.98. The average molecular weight is 323 g/mol. The third kappa shape index (κ3) is 3.22. The molecule has 1 heterocycles. The van der Waals surface area contributed by atoms with E-state index >= 15 is 0 Å².